The van der Waals surface area contributed by atoms with E-state index < -0.39 is 13.1 Å². The predicted octanol–water partition coefficient (Wildman–Crippen LogP) is 3.09. The summed E-state index contributed by atoms with van der Waals surface area (Å²) in [6.07, 6.45) is 0. The van der Waals surface area contributed by atoms with E-state index in [1.807, 2.05) is 0 Å². The van der Waals surface area contributed by atoms with Crippen LogP contribution in [0, 0.1) is 0 Å². The highest BCUT2D eigenvalue weighted by atomic mass is 31.2. The Balaban J connectivity index is 3.26. The van der Waals surface area contributed by atoms with Crippen molar-refractivity contribution in [2.24, 2.45) is 0 Å². The average molecular weight is 288 g/mol. The number of hydrogen-bond acceptors (Lipinski definition) is 5. The lowest BCUT2D eigenvalue weighted by Gasteiger charge is -2.33. The summed E-state index contributed by atoms with van der Waals surface area (Å²) in [6, 6.07) is 8.49. The van der Waals surface area contributed by atoms with Gasteiger partial charge < -0.3 is 18.9 Å². The first-order valence-electron chi connectivity index (χ1n) is 6.35. The Bertz CT molecular complexity index is 412. The summed E-state index contributed by atoms with van der Waals surface area (Å²) in [5.74, 6) is 0. The van der Waals surface area contributed by atoms with E-state index in [1.54, 1.807) is 51.1 Å². The van der Waals surface area contributed by atoms with Crippen LogP contribution in [-0.4, -0.2) is 24.9 Å². The highest BCUT2D eigenvalue weighted by molar-refractivity contribution is 7.54. The first-order chi connectivity index (χ1) is 9.04. The van der Waals surface area contributed by atoms with Gasteiger partial charge in [0.25, 0.3) is 5.53 Å². The molecule has 5 nitrogen and oxygen atoms in total. The summed E-state index contributed by atoms with van der Waals surface area (Å²) >= 11 is 0. The topological polar surface area (TPSA) is 65.0 Å². The second-order valence-electron chi connectivity index (χ2n) is 3.74. The molecule has 1 aromatic rings. The second kappa shape index (κ2) is 7.17. The van der Waals surface area contributed by atoms with E-state index in [4.69, 9.17) is 13.8 Å². The van der Waals surface area contributed by atoms with Crippen LogP contribution in [0.4, 0.5) is 0 Å². The fourth-order valence-corrected chi connectivity index (χ4v) is 3.59. The summed E-state index contributed by atoms with van der Waals surface area (Å²) in [4.78, 5) is 0. The van der Waals surface area contributed by atoms with Crippen molar-refractivity contribution in [2.45, 2.75) is 26.3 Å². The summed E-state index contributed by atoms with van der Waals surface area (Å²) in [6.45, 7) is 5.55. The third kappa shape index (κ3) is 3.44. The molecule has 1 unspecified atom stereocenters. The Labute approximate surface area is 114 Å². The lowest BCUT2D eigenvalue weighted by molar-refractivity contribution is -0.160. The van der Waals surface area contributed by atoms with Crippen LogP contribution >= 0.6 is 7.60 Å². The fraction of sp³-hybridized carbons (Fsp3) is 0.538. The summed E-state index contributed by atoms with van der Waals surface area (Å²) in [7, 11) is -3.85. The van der Waals surface area contributed by atoms with Gasteiger partial charge in [-0.2, -0.15) is 0 Å². The second-order valence-corrected chi connectivity index (χ2v) is 5.86. The maximum Gasteiger partial charge on any atom is 0.394 e. The van der Waals surface area contributed by atoms with Crippen molar-refractivity contribution >= 4 is 7.60 Å². The maximum absolute atomic E-state index is 12.8. The molecule has 108 valence electrons. The molecule has 0 heterocycles. The van der Waals surface area contributed by atoms with Crippen LogP contribution in [-0.2, 0) is 23.9 Å². The molecule has 0 fully saturated rings. The van der Waals surface area contributed by atoms with Crippen molar-refractivity contribution in [2.75, 3.05) is 19.8 Å². The zero-order chi connectivity index (χ0) is 14.4. The number of hydrogen-bond donors (Lipinski definition) is 1. The van der Waals surface area contributed by atoms with Gasteiger partial charge in [0.05, 0.1) is 13.2 Å². The van der Waals surface area contributed by atoms with E-state index in [9.17, 15) is 9.67 Å². The van der Waals surface area contributed by atoms with Crippen molar-refractivity contribution in [3.05, 3.63) is 35.9 Å². The van der Waals surface area contributed by atoms with Gasteiger partial charge in [0, 0.05) is 12.2 Å². The molecular formula is C13H21O5P. The van der Waals surface area contributed by atoms with Crippen LogP contribution in [0.15, 0.2) is 30.3 Å². The van der Waals surface area contributed by atoms with Gasteiger partial charge >= 0.3 is 7.60 Å². The van der Waals surface area contributed by atoms with E-state index >= 15 is 0 Å². The van der Waals surface area contributed by atoms with Gasteiger partial charge in [0.1, 0.15) is 0 Å². The molecule has 1 aromatic carbocycles. The number of rotatable bonds is 8. The third-order valence-corrected chi connectivity index (χ3v) is 4.79. The van der Waals surface area contributed by atoms with Crippen molar-refractivity contribution in [1.29, 1.82) is 0 Å². The predicted molar refractivity (Wildman–Crippen MR) is 72.8 cm³/mol. The molecule has 0 amide bonds. The summed E-state index contributed by atoms with van der Waals surface area (Å²) in [5, 5.41) is 10.7. The number of benzene rings is 1. The molecule has 0 aliphatic heterocycles. The first-order valence-corrected chi connectivity index (χ1v) is 7.89. The smallest absolute Gasteiger partial charge is 0.352 e. The average Bonchev–Trinajstić information content (AvgIpc) is 2.40. The van der Waals surface area contributed by atoms with E-state index in [0.717, 1.165) is 0 Å². The minimum atomic E-state index is -3.85. The molecule has 0 bridgehead atoms. The van der Waals surface area contributed by atoms with Gasteiger partial charge in [-0.05, 0) is 20.8 Å². The van der Waals surface area contributed by atoms with Gasteiger partial charge in [-0.15, -0.1) is 0 Å². The maximum atomic E-state index is 12.8. The Morgan fingerprint density at radius 1 is 1.05 bits per heavy atom. The molecule has 0 radical (unpaired) electrons. The molecule has 0 saturated carbocycles. The van der Waals surface area contributed by atoms with Gasteiger partial charge in [-0.3, -0.25) is 4.57 Å². The molecule has 0 saturated heterocycles. The number of ether oxygens (including phenoxy) is 1. The highest BCUT2D eigenvalue weighted by Gasteiger charge is 2.52. The molecule has 1 rings (SSSR count). The zero-order valence-electron chi connectivity index (χ0n) is 11.5. The monoisotopic (exact) mass is 288 g/mol. The Kier molecular flexibility index (Phi) is 6.17. The first kappa shape index (κ1) is 16.3. The van der Waals surface area contributed by atoms with Gasteiger partial charge in [-0.1, -0.05) is 30.3 Å². The van der Waals surface area contributed by atoms with E-state index in [-0.39, 0.29) is 19.8 Å². The van der Waals surface area contributed by atoms with Crippen LogP contribution in [0.2, 0.25) is 0 Å². The fourth-order valence-electron chi connectivity index (χ4n) is 1.73. The third-order valence-electron chi connectivity index (χ3n) is 2.46. The van der Waals surface area contributed by atoms with Crippen molar-refractivity contribution in [3.8, 4) is 0 Å². The lowest BCUT2D eigenvalue weighted by Crippen LogP contribution is -2.31. The molecular weight excluding hydrogens is 267 g/mol. The molecule has 1 N–H and O–H groups in total. The van der Waals surface area contributed by atoms with E-state index in [2.05, 4.69) is 0 Å². The van der Waals surface area contributed by atoms with Crippen LogP contribution < -0.4 is 0 Å². The van der Waals surface area contributed by atoms with E-state index in [0.29, 0.717) is 5.56 Å². The zero-order valence-corrected chi connectivity index (χ0v) is 12.4. The van der Waals surface area contributed by atoms with Crippen LogP contribution in [0.1, 0.15) is 26.3 Å². The number of aliphatic hydroxyl groups is 1. The normalized spacial score (nSPS) is 15.2. The minimum Gasteiger partial charge on any atom is -0.352 e. The molecule has 0 spiro atoms. The molecule has 0 aliphatic rings. The van der Waals surface area contributed by atoms with Crippen molar-refractivity contribution in [1.82, 2.24) is 0 Å². The van der Waals surface area contributed by atoms with Crippen molar-refractivity contribution in [3.63, 3.8) is 0 Å². The molecule has 0 aliphatic carbocycles. The SMILES string of the molecule is CCOC(O)(c1ccccc1)P(=O)(OCC)OCC. The van der Waals surface area contributed by atoms with Crippen LogP contribution in [0.3, 0.4) is 0 Å². The van der Waals surface area contributed by atoms with Crippen LogP contribution in [0.25, 0.3) is 0 Å². The molecule has 19 heavy (non-hydrogen) atoms. The summed E-state index contributed by atoms with van der Waals surface area (Å²) in [5.41, 5.74) is -1.74. The van der Waals surface area contributed by atoms with E-state index in [1.165, 1.54) is 0 Å². The molecule has 0 aromatic heterocycles. The lowest BCUT2D eigenvalue weighted by atomic mass is 10.2. The quantitative estimate of drug-likeness (QED) is 0.588. The van der Waals surface area contributed by atoms with Gasteiger partial charge in [0.15, 0.2) is 0 Å². The molecule has 6 heteroatoms. The largest absolute Gasteiger partial charge is 0.394 e. The highest BCUT2D eigenvalue weighted by Crippen LogP contribution is 2.64. The standard InChI is InChI=1S/C13H21O5P/c1-4-16-13(14,12-10-8-7-9-11-12)19(15,17-5-2)18-6-3/h7-11,14H,4-6H2,1-3H3. The summed E-state index contributed by atoms with van der Waals surface area (Å²) < 4.78 is 28.5. The minimum absolute atomic E-state index is 0.152. The Hall–Kier alpha value is -0.710. The van der Waals surface area contributed by atoms with Crippen LogP contribution in [0.5, 0.6) is 0 Å². The Morgan fingerprint density at radius 3 is 2.00 bits per heavy atom. The van der Waals surface area contributed by atoms with Crippen molar-refractivity contribution < 1.29 is 23.5 Å². The molecule has 1 atom stereocenters. The Morgan fingerprint density at radius 2 is 1.58 bits per heavy atom. The van der Waals surface area contributed by atoms with Gasteiger partial charge in [0.2, 0.25) is 0 Å². The van der Waals surface area contributed by atoms with Gasteiger partial charge in [-0.25, -0.2) is 0 Å².